The lowest BCUT2D eigenvalue weighted by molar-refractivity contribution is -0.133. The number of likely N-dealkylation sites (N-methyl/N-ethyl adjacent to an activating group) is 1. The third-order valence-electron chi connectivity index (χ3n) is 9.10. The van der Waals surface area contributed by atoms with Crippen molar-refractivity contribution in [1.29, 1.82) is 0 Å². The van der Waals surface area contributed by atoms with Gasteiger partial charge in [0.15, 0.2) is 5.54 Å². The summed E-state index contributed by atoms with van der Waals surface area (Å²) in [5, 5.41) is 0. The Labute approximate surface area is 270 Å². The standard InChI is InChI=1S/C39H39FN4O2/c1-37(2,3)35-42(4)36(46)38(27-40,44(35)34(45)29-17-9-5-10-18-29)25-33-26-43(28-41-33)39(30-19-11-6-12-20-30,31-21-13-7-14-22-31)32-23-15-8-16-24-32/h5-24,26,28,35H,25,27H2,1-4H3/t35-,38-/m1/s1. The van der Waals surface area contributed by atoms with Crippen LogP contribution in [0.15, 0.2) is 134 Å². The van der Waals surface area contributed by atoms with Crippen molar-refractivity contribution in [3.05, 3.63) is 162 Å². The molecule has 0 spiro atoms. The van der Waals surface area contributed by atoms with E-state index in [1.165, 1.54) is 9.80 Å². The minimum atomic E-state index is -1.77. The first-order valence-corrected chi connectivity index (χ1v) is 15.6. The first kappa shape index (κ1) is 31.0. The van der Waals surface area contributed by atoms with Gasteiger partial charge in [-0.15, -0.1) is 0 Å². The maximum Gasteiger partial charge on any atom is 0.256 e. The second kappa shape index (κ2) is 12.0. The van der Waals surface area contributed by atoms with E-state index in [0.717, 1.165) is 16.7 Å². The Morgan fingerprint density at radius 1 is 0.783 bits per heavy atom. The van der Waals surface area contributed by atoms with Gasteiger partial charge in [-0.3, -0.25) is 14.5 Å². The topological polar surface area (TPSA) is 58.4 Å². The fourth-order valence-electron chi connectivity index (χ4n) is 7.20. The largest absolute Gasteiger partial charge is 0.322 e. The summed E-state index contributed by atoms with van der Waals surface area (Å²) < 4.78 is 17.8. The highest BCUT2D eigenvalue weighted by atomic mass is 19.1. The Morgan fingerprint density at radius 2 is 1.24 bits per heavy atom. The summed E-state index contributed by atoms with van der Waals surface area (Å²) in [7, 11) is 1.66. The number of amides is 2. The van der Waals surface area contributed by atoms with Crippen LogP contribution in [0, 0.1) is 5.41 Å². The molecule has 1 saturated heterocycles. The average Bonchev–Trinajstić information content (AvgIpc) is 3.63. The number of carbonyl (C=O) groups excluding carboxylic acids is 2. The monoisotopic (exact) mass is 614 g/mol. The normalized spacial score (nSPS) is 18.6. The van der Waals surface area contributed by atoms with E-state index in [4.69, 9.17) is 4.98 Å². The van der Waals surface area contributed by atoms with Crippen molar-refractivity contribution in [3.63, 3.8) is 0 Å². The van der Waals surface area contributed by atoms with E-state index < -0.39 is 35.2 Å². The Hall–Kier alpha value is -5.04. The van der Waals surface area contributed by atoms with Crippen molar-refractivity contribution in [3.8, 4) is 0 Å². The van der Waals surface area contributed by atoms with Crippen LogP contribution < -0.4 is 0 Å². The smallest absolute Gasteiger partial charge is 0.256 e. The highest BCUT2D eigenvalue weighted by Gasteiger charge is 2.61. The van der Waals surface area contributed by atoms with Crippen LogP contribution in [0.1, 0.15) is 53.5 Å². The van der Waals surface area contributed by atoms with E-state index in [1.807, 2.05) is 92.2 Å². The van der Waals surface area contributed by atoms with Crippen LogP contribution in [0.4, 0.5) is 4.39 Å². The first-order chi connectivity index (χ1) is 22.1. The number of hydrogen-bond donors (Lipinski definition) is 0. The molecule has 0 unspecified atom stereocenters. The number of alkyl halides is 1. The van der Waals surface area contributed by atoms with Crippen molar-refractivity contribution in [2.24, 2.45) is 5.41 Å². The van der Waals surface area contributed by atoms with E-state index in [0.29, 0.717) is 11.3 Å². The van der Waals surface area contributed by atoms with Crippen LogP contribution in [0.25, 0.3) is 0 Å². The van der Waals surface area contributed by atoms with Gasteiger partial charge in [0.25, 0.3) is 11.8 Å². The molecule has 0 N–H and O–H groups in total. The molecule has 5 aromatic rings. The summed E-state index contributed by atoms with van der Waals surface area (Å²) in [5.74, 6) is -0.822. The number of aromatic nitrogens is 2. The van der Waals surface area contributed by atoms with Crippen LogP contribution in [-0.4, -0.2) is 56.6 Å². The van der Waals surface area contributed by atoms with Gasteiger partial charge >= 0.3 is 0 Å². The molecular formula is C39H39FN4O2. The summed E-state index contributed by atoms with van der Waals surface area (Å²) in [4.78, 5) is 36.2. The van der Waals surface area contributed by atoms with E-state index in [1.54, 1.807) is 37.6 Å². The summed E-state index contributed by atoms with van der Waals surface area (Å²) in [6.07, 6.45) is 2.90. The number of carbonyl (C=O) groups is 2. The fourth-order valence-corrected chi connectivity index (χ4v) is 7.20. The van der Waals surface area contributed by atoms with Crippen LogP contribution >= 0.6 is 0 Å². The third kappa shape index (κ3) is 5.00. The first-order valence-electron chi connectivity index (χ1n) is 15.6. The summed E-state index contributed by atoms with van der Waals surface area (Å²) in [5.41, 5.74) is 0.821. The molecule has 6 rings (SSSR count). The SMILES string of the molecule is CN1C(=O)[C@](CF)(Cc2cn(C(c3ccccc3)(c3ccccc3)c3ccccc3)cn2)N(C(=O)c2ccccc2)[C@@H]1C(C)(C)C. The lowest BCUT2D eigenvalue weighted by Gasteiger charge is -2.42. The van der Waals surface area contributed by atoms with Gasteiger partial charge in [0.1, 0.15) is 18.4 Å². The highest BCUT2D eigenvalue weighted by molar-refractivity contribution is 6.02. The molecule has 7 heteroatoms. The van der Waals surface area contributed by atoms with Gasteiger partial charge < -0.3 is 9.47 Å². The maximum atomic E-state index is 15.7. The molecule has 1 aliphatic heterocycles. The number of halogens is 1. The van der Waals surface area contributed by atoms with Crippen molar-refractivity contribution in [1.82, 2.24) is 19.4 Å². The van der Waals surface area contributed by atoms with E-state index in [-0.39, 0.29) is 12.3 Å². The van der Waals surface area contributed by atoms with Gasteiger partial charge in [0.2, 0.25) is 0 Å². The molecule has 2 atom stereocenters. The van der Waals surface area contributed by atoms with E-state index in [2.05, 4.69) is 36.4 Å². The second-order valence-corrected chi connectivity index (χ2v) is 13.1. The minimum absolute atomic E-state index is 0.0841. The predicted octanol–water partition coefficient (Wildman–Crippen LogP) is 6.96. The second-order valence-electron chi connectivity index (χ2n) is 13.1. The Kier molecular flexibility index (Phi) is 8.11. The molecule has 0 radical (unpaired) electrons. The molecule has 1 aliphatic rings. The zero-order valence-electron chi connectivity index (χ0n) is 26.7. The molecule has 6 nitrogen and oxygen atoms in total. The van der Waals surface area contributed by atoms with Crippen molar-refractivity contribution in [2.45, 2.75) is 44.4 Å². The lowest BCUT2D eigenvalue weighted by Crippen LogP contribution is -2.59. The van der Waals surface area contributed by atoms with Crippen molar-refractivity contribution in [2.75, 3.05) is 13.7 Å². The molecule has 0 aliphatic carbocycles. The number of benzene rings is 4. The molecule has 2 amide bonds. The zero-order chi connectivity index (χ0) is 32.5. The molecule has 46 heavy (non-hydrogen) atoms. The Balaban J connectivity index is 1.52. The van der Waals surface area contributed by atoms with Crippen LogP contribution in [0.5, 0.6) is 0 Å². The highest BCUT2D eigenvalue weighted by Crippen LogP contribution is 2.44. The summed E-state index contributed by atoms with van der Waals surface area (Å²) in [6, 6.07) is 39.4. The number of rotatable bonds is 8. The zero-order valence-corrected chi connectivity index (χ0v) is 26.7. The lowest BCUT2D eigenvalue weighted by atomic mass is 9.76. The molecular weight excluding hydrogens is 575 g/mol. The summed E-state index contributed by atoms with van der Waals surface area (Å²) in [6.45, 7) is 4.84. The maximum absolute atomic E-state index is 15.7. The van der Waals surface area contributed by atoms with Gasteiger partial charge in [0.05, 0.1) is 12.0 Å². The molecule has 4 aromatic carbocycles. The van der Waals surface area contributed by atoms with Gasteiger partial charge in [-0.05, 0) is 28.8 Å². The third-order valence-corrected chi connectivity index (χ3v) is 9.10. The molecule has 2 heterocycles. The fraction of sp³-hybridized carbons (Fsp3) is 0.256. The molecule has 1 fully saturated rings. The van der Waals surface area contributed by atoms with Crippen molar-refractivity contribution >= 4 is 11.8 Å². The molecule has 234 valence electrons. The van der Waals surface area contributed by atoms with Crippen LogP contribution in [-0.2, 0) is 16.8 Å². The Bertz CT molecular complexity index is 1710. The van der Waals surface area contributed by atoms with Gasteiger partial charge in [-0.1, -0.05) is 130 Å². The van der Waals surface area contributed by atoms with Gasteiger partial charge in [-0.25, -0.2) is 9.37 Å². The van der Waals surface area contributed by atoms with Gasteiger partial charge in [0, 0.05) is 30.6 Å². The minimum Gasteiger partial charge on any atom is -0.322 e. The number of hydrogen-bond acceptors (Lipinski definition) is 3. The van der Waals surface area contributed by atoms with E-state index >= 15 is 4.39 Å². The molecule has 1 aromatic heterocycles. The number of nitrogens with zero attached hydrogens (tertiary/aromatic N) is 4. The molecule has 0 bridgehead atoms. The van der Waals surface area contributed by atoms with Gasteiger partial charge in [-0.2, -0.15) is 0 Å². The van der Waals surface area contributed by atoms with Crippen LogP contribution in [0.3, 0.4) is 0 Å². The summed E-state index contributed by atoms with van der Waals surface area (Å²) >= 11 is 0. The molecule has 0 saturated carbocycles. The van der Waals surface area contributed by atoms with E-state index in [9.17, 15) is 9.59 Å². The predicted molar refractivity (Wildman–Crippen MR) is 178 cm³/mol. The average molecular weight is 615 g/mol. The quantitative estimate of drug-likeness (QED) is 0.178. The van der Waals surface area contributed by atoms with Crippen molar-refractivity contribution < 1.29 is 14.0 Å². The van der Waals surface area contributed by atoms with Crippen LogP contribution in [0.2, 0.25) is 0 Å². The number of imidazole rings is 1. The Morgan fingerprint density at radius 3 is 1.67 bits per heavy atom.